The molecule has 4 rings (SSSR count). The maximum absolute atomic E-state index is 5.74. The molecule has 1 saturated heterocycles. The number of nitrogens with zero attached hydrogens (tertiary/aromatic N) is 3. The molecular weight excluding hydrogens is 386 g/mol. The molecule has 3 aromatic rings. The Hall–Kier alpha value is -3.12. The van der Waals surface area contributed by atoms with Gasteiger partial charge >= 0.3 is 0 Å². The number of anilines is 2. The van der Waals surface area contributed by atoms with Crippen molar-refractivity contribution in [3.05, 3.63) is 78.0 Å². The van der Waals surface area contributed by atoms with Crippen LogP contribution in [0.1, 0.15) is 24.1 Å². The van der Waals surface area contributed by atoms with Gasteiger partial charge < -0.3 is 15.4 Å². The normalized spacial score (nSPS) is 14.9. The molecule has 0 atom stereocenters. The fraction of sp³-hybridized carbons (Fsp3) is 0.360. The summed E-state index contributed by atoms with van der Waals surface area (Å²) in [5, 5.41) is 6.89. The van der Waals surface area contributed by atoms with Gasteiger partial charge in [0.2, 0.25) is 5.95 Å². The minimum absolute atomic E-state index is 0.406. The van der Waals surface area contributed by atoms with Crippen molar-refractivity contribution < 1.29 is 4.74 Å². The van der Waals surface area contributed by atoms with Crippen LogP contribution in [0.5, 0.6) is 5.75 Å². The van der Waals surface area contributed by atoms with Crippen LogP contribution in [0.2, 0.25) is 0 Å². The average Bonchev–Trinajstić information content (AvgIpc) is 2.79. The summed E-state index contributed by atoms with van der Waals surface area (Å²) in [6.45, 7) is 6.45. The fourth-order valence-electron chi connectivity index (χ4n) is 3.85. The zero-order valence-electron chi connectivity index (χ0n) is 18.1. The van der Waals surface area contributed by atoms with E-state index >= 15 is 0 Å². The molecule has 1 aliphatic rings. The van der Waals surface area contributed by atoms with Crippen molar-refractivity contribution in [3.63, 3.8) is 0 Å². The first-order valence-electron chi connectivity index (χ1n) is 11.0. The highest BCUT2D eigenvalue weighted by Gasteiger charge is 2.20. The Morgan fingerprint density at radius 3 is 2.42 bits per heavy atom. The molecule has 1 aliphatic heterocycles. The van der Waals surface area contributed by atoms with E-state index in [4.69, 9.17) is 4.74 Å². The van der Waals surface area contributed by atoms with Gasteiger partial charge in [-0.05, 0) is 37.5 Å². The van der Waals surface area contributed by atoms with E-state index in [9.17, 15) is 0 Å². The summed E-state index contributed by atoms with van der Waals surface area (Å²) in [7, 11) is 0. The molecule has 0 bridgehead atoms. The molecule has 0 saturated carbocycles. The summed E-state index contributed by atoms with van der Waals surface area (Å²) < 4.78 is 5.74. The van der Waals surface area contributed by atoms with E-state index in [-0.39, 0.29) is 0 Å². The first-order valence-corrected chi connectivity index (χ1v) is 11.0. The second-order valence-electron chi connectivity index (χ2n) is 7.99. The van der Waals surface area contributed by atoms with E-state index in [1.807, 2.05) is 43.3 Å². The van der Waals surface area contributed by atoms with E-state index < -0.39 is 0 Å². The van der Waals surface area contributed by atoms with Crippen LogP contribution in [0.25, 0.3) is 0 Å². The van der Waals surface area contributed by atoms with Crippen molar-refractivity contribution in [2.45, 2.75) is 32.4 Å². The number of para-hydroxylation sites is 1. The van der Waals surface area contributed by atoms with Gasteiger partial charge in [0, 0.05) is 37.4 Å². The van der Waals surface area contributed by atoms with E-state index in [0.29, 0.717) is 25.1 Å². The van der Waals surface area contributed by atoms with Gasteiger partial charge in [0.05, 0.1) is 6.54 Å². The molecule has 162 valence electrons. The monoisotopic (exact) mass is 417 g/mol. The first kappa shape index (κ1) is 21.1. The number of aryl methyl sites for hydroxylation is 1. The fourth-order valence-corrected chi connectivity index (χ4v) is 3.85. The van der Waals surface area contributed by atoms with Crippen LogP contribution in [-0.4, -0.2) is 47.2 Å². The third-order valence-corrected chi connectivity index (χ3v) is 5.44. The summed E-state index contributed by atoms with van der Waals surface area (Å²) in [5.41, 5.74) is 2.33. The predicted molar refractivity (Wildman–Crippen MR) is 126 cm³/mol. The van der Waals surface area contributed by atoms with Crippen LogP contribution in [0.15, 0.2) is 66.7 Å². The molecule has 2 aromatic carbocycles. The topological polar surface area (TPSA) is 62.3 Å². The van der Waals surface area contributed by atoms with Gasteiger partial charge in [0.25, 0.3) is 0 Å². The van der Waals surface area contributed by atoms with E-state index in [0.717, 1.165) is 49.7 Å². The molecule has 0 radical (unpaired) electrons. The van der Waals surface area contributed by atoms with Crippen LogP contribution in [-0.2, 0) is 6.54 Å². The van der Waals surface area contributed by atoms with E-state index in [1.165, 1.54) is 5.56 Å². The Bertz CT molecular complexity index is 927. The maximum atomic E-state index is 5.74. The lowest BCUT2D eigenvalue weighted by molar-refractivity contribution is 0.211. The molecule has 0 unspecified atom stereocenters. The summed E-state index contributed by atoms with van der Waals surface area (Å²) in [4.78, 5) is 11.8. The van der Waals surface area contributed by atoms with Gasteiger partial charge in [-0.3, -0.25) is 4.90 Å². The highest BCUT2D eigenvalue weighted by molar-refractivity contribution is 5.42. The Kier molecular flexibility index (Phi) is 7.34. The number of rotatable bonds is 9. The van der Waals surface area contributed by atoms with Crippen molar-refractivity contribution in [1.29, 1.82) is 0 Å². The molecule has 31 heavy (non-hydrogen) atoms. The molecule has 1 fully saturated rings. The zero-order chi connectivity index (χ0) is 21.3. The second-order valence-corrected chi connectivity index (χ2v) is 7.99. The number of benzene rings is 2. The summed E-state index contributed by atoms with van der Waals surface area (Å²) >= 11 is 0. The van der Waals surface area contributed by atoms with Crippen molar-refractivity contribution in [2.24, 2.45) is 0 Å². The predicted octanol–water partition coefficient (Wildman–Crippen LogP) is 4.35. The highest BCUT2D eigenvalue weighted by atomic mass is 16.5. The van der Waals surface area contributed by atoms with Gasteiger partial charge in [-0.2, -0.15) is 4.98 Å². The number of aromatic nitrogens is 2. The number of piperidine rings is 1. The smallest absolute Gasteiger partial charge is 0.225 e. The maximum Gasteiger partial charge on any atom is 0.225 e. The highest BCUT2D eigenvalue weighted by Crippen LogP contribution is 2.18. The van der Waals surface area contributed by atoms with Gasteiger partial charge in [0.15, 0.2) is 0 Å². The Morgan fingerprint density at radius 1 is 0.968 bits per heavy atom. The summed E-state index contributed by atoms with van der Waals surface area (Å²) in [6.07, 6.45) is 2.19. The standard InChI is InChI=1S/C25H31N5O/c1-20-18-24(26-14-17-31-23-10-6-3-7-11-23)29-25(27-20)28-22-12-15-30(16-13-22)19-21-8-4-2-5-9-21/h2-11,18,22H,12-17,19H2,1H3,(H2,26,27,28,29). The van der Waals surface area contributed by atoms with Crippen molar-refractivity contribution in [2.75, 3.05) is 36.9 Å². The number of likely N-dealkylation sites (tertiary alicyclic amines) is 1. The average molecular weight is 418 g/mol. The molecule has 0 aliphatic carbocycles. The van der Waals surface area contributed by atoms with Crippen molar-refractivity contribution in [1.82, 2.24) is 14.9 Å². The Labute approximate surface area is 184 Å². The quantitative estimate of drug-likeness (QED) is 0.505. The van der Waals surface area contributed by atoms with E-state index in [2.05, 4.69) is 55.8 Å². The minimum atomic E-state index is 0.406. The van der Waals surface area contributed by atoms with E-state index in [1.54, 1.807) is 0 Å². The summed E-state index contributed by atoms with van der Waals surface area (Å²) in [5.74, 6) is 2.41. The number of nitrogens with one attached hydrogen (secondary N) is 2. The van der Waals surface area contributed by atoms with Crippen LogP contribution in [0.4, 0.5) is 11.8 Å². The van der Waals surface area contributed by atoms with Gasteiger partial charge in [-0.1, -0.05) is 48.5 Å². The van der Waals surface area contributed by atoms with Gasteiger partial charge in [-0.15, -0.1) is 0 Å². The van der Waals surface area contributed by atoms with Crippen LogP contribution in [0.3, 0.4) is 0 Å². The van der Waals surface area contributed by atoms with Gasteiger partial charge in [0.1, 0.15) is 18.2 Å². The zero-order valence-corrected chi connectivity index (χ0v) is 18.1. The lowest BCUT2D eigenvalue weighted by Crippen LogP contribution is -2.39. The third kappa shape index (κ3) is 6.69. The lowest BCUT2D eigenvalue weighted by Gasteiger charge is -2.32. The molecule has 0 amide bonds. The number of ether oxygens (including phenoxy) is 1. The van der Waals surface area contributed by atoms with Crippen LogP contribution in [0, 0.1) is 6.92 Å². The number of hydrogen-bond acceptors (Lipinski definition) is 6. The SMILES string of the molecule is Cc1cc(NCCOc2ccccc2)nc(NC2CCN(Cc3ccccc3)CC2)n1. The Morgan fingerprint density at radius 2 is 1.68 bits per heavy atom. The Balaban J connectivity index is 1.23. The largest absolute Gasteiger partial charge is 0.492 e. The van der Waals surface area contributed by atoms with Crippen LogP contribution < -0.4 is 15.4 Å². The molecule has 6 nitrogen and oxygen atoms in total. The molecule has 0 spiro atoms. The number of hydrogen-bond donors (Lipinski definition) is 2. The second kappa shape index (κ2) is 10.8. The lowest BCUT2D eigenvalue weighted by atomic mass is 10.0. The van der Waals surface area contributed by atoms with Crippen molar-refractivity contribution >= 4 is 11.8 Å². The van der Waals surface area contributed by atoms with Gasteiger partial charge in [-0.25, -0.2) is 4.98 Å². The van der Waals surface area contributed by atoms with Crippen molar-refractivity contribution in [3.8, 4) is 5.75 Å². The van der Waals surface area contributed by atoms with Crippen LogP contribution >= 0.6 is 0 Å². The molecule has 2 heterocycles. The summed E-state index contributed by atoms with van der Waals surface area (Å²) in [6, 6.07) is 22.9. The first-order chi connectivity index (χ1) is 15.2. The molecule has 6 heteroatoms. The third-order valence-electron chi connectivity index (χ3n) is 5.44. The molecule has 1 aromatic heterocycles. The minimum Gasteiger partial charge on any atom is -0.492 e. The molecular formula is C25H31N5O. The molecule has 2 N–H and O–H groups in total.